The van der Waals surface area contributed by atoms with E-state index < -0.39 is 0 Å². The van der Waals surface area contributed by atoms with Gasteiger partial charge in [-0.1, -0.05) is 6.42 Å². The lowest BCUT2D eigenvalue weighted by Crippen LogP contribution is -2.48. The van der Waals surface area contributed by atoms with Crippen molar-refractivity contribution >= 4 is 6.34 Å². The van der Waals surface area contributed by atoms with Gasteiger partial charge in [0.25, 0.3) is 6.67 Å². The molecule has 1 fully saturated rings. The van der Waals surface area contributed by atoms with E-state index >= 15 is 0 Å². The van der Waals surface area contributed by atoms with Gasteiger partial charge in [-0.2, -0.15) is 0 Å². The van der Waals surface area contributed by atoms with Crippen LogP contribution in [0.5, 0.6) is 0 Å². The summed E-state index contributed by atoms with van der Waals surface area (Å²) in [5, 5.41) is 3.29. The first kappa shape index (κ1) is 9.62. The summed E-state index contributed by atoms with van der Waals surface area (Å²) in [5.41, 5.74) is 2.58. The Kier molecular flexibility index (Phi) is 1.87. The maximum atomic E-state index is 11.6. The fourth-order valence-corrected chi connectivity index (χ4v) is 3.79. The molecule has 0 aromatic heterocycles. The third kappa shape index (κ3) is 1.28. The highest BCUT2D eigenvalue weighted by molar-refractivity contribution is 5.64. The van der Waals surface area contributed by atoms with Crippen molar-refractivity contribution < 1.29 is 4.76 Å². The molecule has 0 saturated heterocycles. The number of nitrogens with one attached hydrogen (secondary N) is 1. The molecule has 3 heterocycles. The van der Waals surface area contributed by atoms with Gasteiger partial charge in [0.1, 0.15) is 0 Å². The van der Waals surface area contributed by atoms with E-state index in [1.807, 2.05) is 6.34 Å². The molecule has 1 N–H and O–H groups in total. The van der Waals surface area contributed by atoms with Crippen LogP contribution in [0.25, 0.3) is 0 Å². The molecule has 0 amide bonds. The quantitative estimate of drug-likeness (QED) is 0.626. The minimum Gasteiger partial charge on any atom is -0.336 e. The normalized spacial score (nSPS) is 38.9. The molecule has 0 aromatic carbocycles. The van der Waals surface area contributed by atoms with Crippen molar-refractivity contribution in [2.24, 2.45) is 16.8 Å². The number of rotatable bonds is 0. The monoisotopic (exact) mass is 233 g/mol. The summed E-state index contributed by atoms with van der Waals surface area (Å²) in [5.74, 6) is 1.34. The molecule has 3 unspecified atom stereocenters. The van der Waals surface area contributed by atoms with Crippen molar-refractivity contribution in [1.82, 2.24) is 10.2 Å². The summed E-state index contributed by atoms with van der Waals surface area (Å²) >= 11 is 0. The third-order valence-corrected chi connectivity index (χ3v) is 4.62. The van der Waals surface area contributed by atoms with Crippen LogP contribution in [0.1, 0.15) is 19.3 Å². The molecule has 17 heavy (non-hydrogen) atoms. The predicted octanol–water partition coefficient (Wildman–Crippen LogP) is 0.680. The van der Waals surface area contributed by atoms with E-state index in [9.17, 15) is 4.91 Å². The van der Waals surface area contributed by atoms with Gasteiger partial charge in [-0.3, -0.25) is 0 Å². The van der Waals surface area contributed by atoms with Gasteiger partial charge in [-0.05, 0) is 24.7 Å². The fourth-order valence-electron chi connectivity index (χ4n) is 3.79. The van der Waals surface area contributed by atoms with Gasteiger partial charge in [-0.25, -0.2) is 4.99 Å². The highest BCUT2D eigenvalue weighted by Gasteiger charge is 2.45. The van der Waals surface area contributed by atoms with Gasteiger partial charge in [0, 0.05) is 21.8 Å². The highest BCUT2D eigenvalue weighted by atomic mass is 16.3. The number of nitrogens with zero attached hydrogens (tertiary/aromatic N) is 3. The average molecular weight is 233 g/mol. The Morgan fingerprint density at radius 3 is 3.24 bits per heavy atom. The minimum atomic E-state index is 0.185. The van der Waals surface area contributed by atoms with E-state index in [-0.39, 0.29) is 6.17 Å². The zero-order valence-corrected chi connectivity index (χ0v) is 9.80. The van der Waals surface area contributed by atoms with Crippen LogP contribution in [-0.4, -0.2) is 41.9 Å². The Balaban J connectivity index is 1.79. The second kappa shape index (κ2) is 3.31. The first-order valence-electron chi connectivity index (χ1n) is 6.51. The first-order valence-corrected chi connectivity index (χ1v) is 6.51. The average Bonchev–Trinajstić information content (AvgIpc) is 2.72. The molecular weight excluding hydrogens is 216 g/mol. The van der Waals surface area contributed by atoms with Crippen LogP contribution in [0.4, 0.5) is 0 Å². The Morgan fingerprint density at radius 2 is 2.41 bits per heavy atom. The molecule has 1 aliphatic carbocycles. The lowest BCUT2D eigenvalue weighted by molar-refractivity contribution is -0.549. The molecule has 0 radical (unpaired) electrons. The van der Waals surface area contributed by atoms with Crippen molar-refractivity contribution in [1.29, 1.82) is 0 Å². The van der Waals surface area contributed by atoms with E-state index in [0.29, 0.717) is 19.1 Å². The number of hydrogen-bond acceptors (Lipinski definition) is 4. The van der Waals surface area contributed by atoms with E-state index in [0.717, 1.165) is 17.2 Å². The Bertz CT molecular complexity index is 442. The van der Waals surface area contributed by atoms with Gasteiger partial charge in [0.2, 0.25) is 6.54 Å². The summed E-state index contributed by atoms with van der Waals surface area (Å²) in [6.07, 6.45) is 6.00. The Hall–Kier alpha value is -1.39. The smallest absolute Gasteiger partial charge is 0.264 e. The topological polar surface area (TPSA) is 47.7 Å². The molecule has 0 aromatic rings. The van der Waals surface area contributed by atoms with E-state index in [1.54, 1.807) is 0 Å². The molecule has 90 valence electrons. The minimum absolute atomic E-state index is 0.185. The molecule has 5 nitrogen and oxygen atoms in total. The van der Waals surface area contributed by atoms with Crippen molar-refractivity contribution in [3.63, 3.8) is 0 Å². The maximum absolute atomic E-state index is 11.6. The summed E-state index contributed by atoms with van der Waals surface area (Å²) in [6, 6.07) is 0. The van der Waals surface area contributed by atoms with Crippen molar-refractivity contribution in [3.05, 3.63) is 16.2 Å². The molecule has 0 spiro atoms. The molecule has 1 saturated carbocycles. The second-order valence-corrected chi connectivity index (χ2v) is 5.55. The lowest BCUT2D eigenvalue weighted by atomic mass is 9.87. The summed E-state index contributed by atoms with van der Waals surface area (Å²) in [6.45, 7) is 2.12. The Labute approximate surface area is 100 Å². The fraction of sp³-hybridized carbons (Fsp3) is 0.750. The van der Waals surface area contributed by atoms with Crippen molar-refractivity contribution in [2.45, 2.75) is 25.4 Å². The first-order chi connectivity index (χ1) is 8.33. The van der Waals surface area contributed by atoms with E-state index in [2.05, 4.69) is 15.2 Å². The Morgan fingerprint density at radius 1 is 1.47 bits per heavy atom. The number of fused-ring (bicyclic) bond motifs is 4. The second-order valence-electron chi connectivity index (χ2n) is 5.55. The molecule has 3 atom stereocenters. The predicted molar refractivity (Wildman–Crippen MR) is 63.3 cm³/mol. The molecule has 4 aliphatic rings. The molecule has 0 bridgehead atoms. The molecular formula is C12H17N4O+. The highest BCUT2D eigenvalue weighted by Crippen LogP contribution is 2.43. The number of hydrogen-bond donors (Lipinski definition) is 1. The zero-order valence-electron chi connectivity index (χ0n) is 9.80. The van der Waals surface area contributed by atoms with Crippen LogP contribution >= 0.6 is 0 Å². The van der Waals surface area contributed by atoms with Crippen LogP contribution in [0.2, 0.25) is 0 Å². The van der Waals surface area contributed by atoms with Crippen LogP contribution in [0.15, 0.2) is 16.3 Å². The van der Waals surface area contributed by atoms with Gasteiger partial charge in [-0.15, -0.1) is 0 Å². The van der Waals surface area contributed by atoms with E-state index in [4.69, 9.17) is 0 Å². The van der Waals surface area contributed by atoms with Gasteiger partial charge < -0.3 is 10.2 Å². The van der Waals surface area contributed by atoms with Crippen LogP contribution in [0.3, 0.4) is 0 Å². The summed E-state index contributed by atoms with van der Waals surface area (Å²) < 4.78 is 1.13. The number of aliphatic imine (C=N–C) groups is 1. The third-order valence-electron chi connectivity index (χ3n) is 4.62. The largest absolute Gasteiger partial charge is 0.336 e. The zero-order chi connectivity index (χ0) is 11.4. The van der Waals surface area contributed by atoms with Gasteiger partial charge in [0.15, 0.2) is 6.17 Å². The molecule has 5 heteroatoms. The molecule has 4 rings (SSSR count). The number of nitroso groups, excluding NO2 is 1. The SMILES string of the molecule is O=[N+]1CNC2=C(C1)C1CCCC1CN1C=NC21. The van der Waals surface area contributed by atoms with Gasteiger partial charge in [0.05, 0.1) is 12.0 Å². The maximum Gasteiger partial charge on any atom is 0.264 e. The van der Waals surface area contributed by atoms with Gasteiger partial charge >= 0.3 is 0 Å². The summed E-state index contributed by atoms with van der Waals surface area (Å²) in [7, 11) is 0. The van der Waals surface area contributed by atoms with Crippen LogP contribution in [0, 0.1) is 16.7 Å². The van der Waals surface area contributed by atoms with E-state index in [1.165, 1.54) is 30.5 Å². The van der Waals surface area contributed by atoms with Crippen molar-refractivity contribution in [3.8, 4) is 0 Å². The summed E-state index contributed by atoms with van der Waals surface area (Å²) in [4.78, 5) is 18.4. The van der Waals surface area contributed by atoms with Crippen LogP contribution in [-0.2, 0) is 0 Å². The lowest BCUT2D eigenvalue weighted by Gasteiger charge is -2.35. The van der Waals surface area contributed by atoms with Crippen LogP contribution < -0.4 is 5.32 Å². The standard InChI is InChI=1S/C12H17N4O/c17-16-5-10-9-3-1-2-8(9)4-15-6-14-12(15)11(10)13-7-16/h6,8-9,12-13H,1-5,7H2/q+1. The van der Waals surface area contributed by atoms with Crippen molar-refractivity contribution in [2.75, 3.05) is 19.8 Å². The molecule has 3 aliphatic heterocycles.